The Hall–Kier alpha value is -3.03. The van der Waals surface area contributed by atoms with Crippen molar-refractivity contribution in [2.75, 3.05) is 6.54 Å². The molecule has 0 radical (unpaired) electrons. The lowest BCUT2D eigenvalue weighted by Gasteiger charge is -1.96. The fraction of sp³-hybridized carbons (Fsp3) is 0.0526. The average Bonchev–Trinajstić information content (AvgIpc) is 3.11. The Morgan fingerprint density at radius 2 is 1.88 bits per heavy atom. The number of amides is 1. The van der Waals surface area contributed by atoms with Crippen molar-refractivity contribution in [3.05, 3.63) is 76.9 Å². The quantitative estimate of drug-likeness (QED) is 0.741. The molecule has 1 N–H and O–H groups in total. The van der Waals surface area contributed by atoms with Gasteiger partial charge in [0.1, 0.15) is 0 Å². The highest BCUT2D eigenvalue weighted by molar-refractivity contribution is 6.31. The van der Waals surface area contributed by atoms with Crippen LogP contribution in [0.4, 0.5) is 0 Å². The Morgan fingerprint density at radius 3 is 2.67 bits per heavy atom. The molecule has 1 amide bonds. The monoisotopic (exact) mass is 336 g/mol. The van der Waals surface area contributed by atoms with Crippen molar-refractivity contribution < 1.29 is 9.32 Å². The summed E-state index contributed by atoms with van der Waals surface area (Å²) in [7, 11) is 0. The SMILES string of the molecule is O=C(NCC#Cc1ccccc1Cl)c1cc(-c2ccccc2)on1. The number of benzene rings is 2. The van der Waals surface area contributed by atoms with Gasteiger partial charge < -0.3 is 9.84 Å². The molecule has 3 rings (SSSR count). The van der Waals surface area contributed by atoms with Gasteiger partial charge in [-0.1, -0.05) is 71.1 Å². The number of carbonyl (C=O) groups is 1. The lowest BCUT2D eigenvalue weighted by atomic mass is 10.1. The van der Waals surface area contributed by atoms with Gasteiger partial charge in [-0.25, -0.2) is 0 Å². The van der Waals surface area contributed by atoms with E-state index in [4.69, 9.17) is 16.1 Å². The van der Waals surface area contributed by atoms with Crippen LogP contribution in [0.5, 0.6) is 0 Å². The lowest BCUT2D eigenvalue weighted by Crippen LogP contribution is -2.23. The summed E-state index contributed by atoms with van der Waals surface area (Å²) in [4.78, 5) is 12.0. The van der Waals surface area contributed by atoms with Crippen LogP contribution in [0.15, 0.2) is 65.2 Å². The van der Waals surface area contributed by atoms with Gasteiger partial charge in [0.15, 0.2) is 11.5 Å². The van der Waals surface area contributed by atoms with E-state index in [2.05, 4.69) is 22.3 Å². The summed E-state index contributed by atoms with van der Waals surface area (Å²) in [6.07, 6.45) is 0. The first-order chi connectivity index (χ1) is 11.7. The predicted octanol–water partition coefficient (Wildman–Crippen LogP) is 3.78. The topological polar surface area (TPSA) is 55.1 Å². The van der Waals surface area contributed by atoms with Crippen molar-refractivity contribution in [3.8, 4) is 23.2 Å². The van der Waals surface area contributed by atoms with Crippen LogP contribution in [0.25, 0.3) is 11.3 Å². The summed E-state index contributed by atoms with van der Waals surface area (Å²) in [5.74, 6) is 5.97. The van der Waals surface area contributed by atoms with E-state index in [1.165, 1.54) is 0 Å². The highest BCUT2D eigenvalue weighted by Gasteiger charge is 2.12. The molecule has 0 atom stereocenters. The van der Waals surface area contributed by atoms with Gasteiger partial charge in [-0.15, -0.1) is 0 Å². The van der Waals surface area contributed by atoms with Crippen molar-refractivity contribution in [2.24, 2.45) is 0 Å². The van der Waals surface area contributed by atoms with Gasteiger partial charge in [0.25, 0.3) is 5.91 Å². The fourth-order valence-corrected chi connectivity index (χ4v) is 2.22. The third-order valence-electron chi connectivity index (χ3n) is 3.24. The molecule has 4 nitrogen and oxygen atoms in total. The first-order valence-corrected chi connectivity index (χ1v) is 7.65. The minimum atomic E-state index is -0.339. The summed E-state index contributed by atoms with van der Waals surface area (Å²) in [6.45, 7) is 0.192. The number of nitrogens with one attached hydrogen (secondary N) is 1. The maximum absolute atomic E-state index is 12.0. The highest BCUT2D eigenvalue weighted by Crippen LogP contribution is 2.19. The zero-order valence-corrected chi connectivity index (χ0v) is 13.4. The van der Waals surface area contributed by atoms with Crippen molar-refractivity contribution in [1.29, 1.82) is 0 Å². The van der Waals surface area contributed by atoms with Gasteiger partial charge >= 0.3 is 0 Å². The van der Waals surface area contributed by atoms with E-state index in [9.17, 15) is 4.79 Å². The molecule has 0 saturated carbocycles. The molecule has 0 aliphatic carbocycles. The van der Waals surface area contributed by atoms with Gasteiger partial charge in [-0.2, -0.15) is 0 Å². The average molecular weight is 337 g/mol. The van der Waals surface area contributed by atoms with Crippen LogP contribution < -0.4 is 5.32 Å². The second-order valence-corrected chi connectivity index (χ2v) is 5.31. The van der Waals surface area contributed by atoms with Crippen LogP contribution in [0.1, 0.15) is 16.1 Å². The van der Waals surface area contributed by atoms with E-state index < -0.39 is 0 Å². The van der Waals surface area contributed by atoms with Crippen molar-refractivity contribution in [2.45, 2.75) is 0 Å². The van der Waals surface area contributed by atoms with E-state index in [1.807, 2.05) is 48.5 Å². The Morgan fingerprint density at radius 1 is 1.12 bits per heavy atom. The molecule has 3 aromatic rings. The van der Waals surface area contributed by atoms with E-state index in [1.54, 1.807) is 12.1 Å². The number of halogens is 1. The van der Waals surface area contributed by atoms with Gasteiger partial charge in [-0.3, -0.25) is 4.79 Å². The summed E-state index contributed by atoms with van der Waals surface area (Å²) in [5, 5.41) is 7.05. The number of rotatable bonds is 3. The Labute approximate surface area is 144 Å². The second kappa shape index (κ2) is 7.49. The van der Waals surface area contributed by atoms with Gasteiger partial charge in [-0.05, 0) is 12.1 Å². The number of aromatic nitrogens is 1. The molecule has 2 aromatic carbocycles. The minimum absolute atomic E-state index is 0.192. The van der Waals surface area contributed by atoms with Crippen LogP contribution in [-0.4, -0.2) is 17.6 Å². The molecule has 5 heteroatoms. The molecule has 0 aliphatic heterocycles. The Kier molecular flexibility index (Phi) is 4.95. The first-order valence-electron chi connectivity index (χ1n) is 7.28. The van der Waals surface area contributed by atoms with Crippen LogP contribution in [0, 0.1) is 11.8 Å². The van der Waals surface area contributed by atoms with Crippen molar-refractivity contribution in [1.82, 2.24) is 10.5 Å². The zero-order chi connectivity index (χ0) is 16.8. The summed E-state index contributed by atoms with van der Waals surface area (Å²) in [6, 6.07) is 18.3. The Balaban J connectivity index is 1.61. The first kappa shape index (κ1) is 15.9. The molecule has 24 heavy (non-hydrogen) atoms. The highest BCUT2D eigenvalue weighted by atomic mass is 35.5. The van der Waals surface area contributed by atoms with Gasteiger partial charge in [0.05, 0.1) is 11.6 Å². The van der Waals surface area contributed by atoms with Gasteiger partial charge in [0.2, 0.25) is 0 Å². The molecular weight excluding hydrogens is 324 g/mol. The van der Waals surface area contributed by atoms with Crippen LogP contribution in [-0.2, 0) is 0 Å². The molecule has 0 spiro atoms. The summed E-state index contributed by atoms with van der Waals surface area (Å²) >= 11 is 6.01. The van der Waals surface area contributed by atoms with Crippen LogP contribution in [0.3, 0.4) is 0 Å². The number of nitrogens with zero attached hydrogens (tertiary/aromatic N) is 1. The van der Waals surface area contributed by atoms with Crippen molar-refractivity contribution in [3.63, 3.8) is 0 Å². The normalized spacial score (nSPS) is 9.88. The predicted molar refractivity (Wildman–Crippen MR) is 92.6 cm³/mol. The largest absolute Gasteiger partial charge is 0.355 e. The minimum Gasteiger partial charge on any atom is -0.355 e. The number of hydrogen-bond acceptors (Lipinski definition) is 3. The third-order valence-corrected chi connectivity index (χ3v) is 3.56. The molecule has 0 bridgehead atoms. The second-order valence-electron chi connectivity index (χ2n) is 4.91. The van der Waals surface area contributed by atoms with E-state index in [0.29, 0.717) is 10.8 Å². The molecule has 1 aromatic heterocycles. The van der Waals surface area contributed by atoms with Crippen LogP contribution in [0.2, 0.25) is 5.02 Å². The van der Waals surface area contributed by atoms with Crippen LogP contribution >= 0.6 is 11.6 Å². The Bertz CT molecular complexity index is 908. The molecule has 0 aliphatic rings. The standard InChI is InChI=1S/C19H13ClN2O2/c20-16-11-5-4-7-14(16)10-6-12-21-19(23)17-13-18(24-22-17)15-8-2-1-3-9-15/h1-5,7-9,11,13H,12H2,(H,21,23). The van der Waals surface area contributed by atoms with E-state index in [0.717, 1.165) is 11.1 Å². The maximum atomic E-state index is 12.0. The molecule has 0 unspecified atom stereocenters. The lowest BCUT2D eigenvalue weighted by molar-refractivity contribution is 0.0950. The summed E-state index contributed by atoms with van der Waals surface area (Å²) < 4.78 is 5.20. The molecular formula is C19H13ClN2O2. The molecule has 0 saturated heterocycles. The third kappa shape index (κ3) is 3.83. The summed E-state index contributed by atoms with van der Waals surface area (Å²) in [5.41, 5.74) is 1.80. The molecule has 118 valence electrons. The van der Waals surface area contributed by atoms with E-state index >= 15 is 0 Å². The number of hydrogen-bond donors (Lipinski definition) is 1. The smallest absolute Gasteiger partial charge is 0.274 e. The molecule has 1 heterocycles. The van der Waals surface area contributed by atoms with Gasteiger partial charge in [0, 0.05) is 17.2 Å². The molecule has 0 fully saturated rings. The maximum Gasteiger partial charge on any atom is 0.274 e. The fourth-order valence-electron chi connectivity index (χ4n) is 2.04. The van der Waals surface area contributed by atoms with Crippen molar-refractivity contribution >= 4 is 17.5 Å². The number of carbonyl (C=O) groups excluding carboxylic acids is 1. The zero-order valence-electron chi connectivity index (χ0n) is 12.6. The van der Waals surface area contributed by atoms with E-state index in [-0.39, 0.29) is 18.1 Å².